The molecule has 0 spiro atoms. The minimum atomic E-state index is -0.618. The van der Waals surface area contributed by atoms with Gasteiger partial charge in [-0.15, -0.1) is 24.8 Å². The minimum absolute atomic E-state index is 0. The SMILES string of the molecule is CC(c1cc2c(C3=CCN(C4CN(CC5CC5)C4)CC3)cccc2c(=O)o1)n1nc(-c2cc(O)cc(F)c2)c2c(N)ncnc21.Cl.Cl. The molecule has 1 saturated carbocycles. The third-order valence-corrected chi connectivity index (χ3v) is 9.53. The zero-order valence-electron chi connectivity index (χ0n) is 25.8. The Balaban J connectivity index is 0.00000193. The van der Waals surface area contributed by atoms with E-state index in [1.807, 2.05) is 19.1 Å². The van der Waals surface area contributed by atoms with Crippen molar-refractivity contribution in [2.75, 3.05) is 38.5 Å². The molecule has 1 aliphatic carbocycles. The number of rotatable bonds is 7. The van der Waals surface area contributed by atoms with Crippen LogP contribution in [-0.4, -0.2) is 73.4 Å². The molecule has 2 aromatic carbocycles. The lowest BCUT2D eigenvalue weighted by Gasteiger charge is -2.46. The zero-order valence-corrected chi connectivity index (χ0v) is 27.4. The van der Waals surface area contributed by atoms with Gasteiger partial charge in [-0.25, -0.2) is 23.8 Å². The zero-order chi connectivity index (χ0) is 30.8. The normalized spacial score (nSPS) is 18.0. The van der Waals surface area contributed by atoms with Crippen LogP contribution in [0, 0.1) is 11.7 Å². The monoisotopic (exact) mass is 679 g/mol. The number of phenols is 1. The molecule has 2 fully saturated rings. The molecule has 5 aromatic rings. The summed E-state index contributed by atoms with van der Waals surface area (Å²) in [5.41, 5.74) is 9.11. The number of benzene rings is 2. The van der Waals surface area contributed by atoms with Crippen LogP contribution < -0.4 is 11.4 Å². The molecule has 0 amide bonds. The Morgan fingerprint density at radius 2 is 1.91 bits per heavy atom. The molecule has 47 heavy (non-hydrogen) atoms. The highest BCUT2D eigenvalue weighted by Gasteiger charge is 2.35. The Morgan fingerprint density at radius 1 is 1.11 bits per heavy atom. The van der Waals surface area contributed by atoms with Crippen LogP contribution in [0.4, 0.5) is 10.2 Å². The number of anilines is 1. The Bertz CT molecular complexity index is 2040. The summed E-state index contributed by atoms with van der Waals surface area (Å²) in [6, 6.07) is 11.4. The van der Waals surface area contributed by atoms with E-state index in [2.05, 4.69) is 31.9 Å². The van der Waals surface area contributed by atoms with E-state index in [0.717, 1.165) is 55.5 Å². The van der Waals surface area contributed by atoms with E-state index in [1.54, 1.807) is 10.7 Å². The second-order valence-corrected chi connectivity index (χ2v) is 12.6. The topological polar surface area (TPSA) is 127 Å². The van der Waals surface area contributed by atoms with Gasteiger partial charge >= 0.3 is 5.63 Å². The highest BCUT2D eigenvalue weighted by atomic mass is 35.5. The third-order valence-electron chi connectivity index (χ3n) is 9.53. The van der Waals surface area contributed by atoms with Crippen molar-refractivity contribution in [1.29, 1.82) is 0 Å². The summed E-state index contributed by atoms with van der Waals surface area (Å²) in [6.45, 7) is 7.33. The smallest absolute Gasteiger partial charge is 0.343 e. The molecule has 2 aliphatic heterocycles. The van der Waals surface area contributed by atoms with Crippen LogP contribution in [-0.2, 0) is 0 Å². The summed E-state index contributed by atoms with van der Waals surface area (Å²) in [6.07, 6.45) is 7.33. The van der Waals surface area contributed by atoms with Gasteiger partial charge in [-0.3, -0.25) is 9.80 Å². The van der Waals surface area contributed by atoms with E-state index in [4.69, 9.17) is 15.2 Å². The van der Waals surface area contributed by atoms with Gasteiger partial charge in [0.15, 0.2) is 5.65 Å². The number of nitrogen functional groups attached to an aromatic ring is 1. The van der Waals surface area contributed by atoms with Gasteiger partial charge in [0.05, 0.1) is 10.8 Å². The Labute approximate surface area is 282 Å². The summed E-state index contributed by atoms with van der Waals surface area (Å²) in [5.74, 6) is 0.632. The lowest BCUT2D eigenvalue weighted by molar-refractivity contribution is 0.0371. The Kier molecular flexibility index (Phi) is 9.01. The third kappa shape index (κ3) is 6.09. The maximum atomic E-state index is 14.3. The first-order valence-corrected chi connectivity index (χ1v) is 15.5. The van der Waals surface area contributed by atoms with Gasteiger partial charge in [-0.05, 0) is 72.9 Å². The fraction of sp³-hybridized carbons (Fsp3) is 0.353. The number of fused-ring (bicyclic) bond motifs is 2. The molecule has 1 unspecified atom stereocenters. The Morgan fingerprint density at radius 3 is 2.64 bits per heavy atom. The molecule has 3 aromatic heterocycles. The molecular weight excluding hydrogens is 644 g/mol. The van der Waals surface area contributed by atoms with Crippen molar-refractivity contribution < 1.29 is 13.9 Å². The molecule has 1 saturated heterocycles. The average molecular weight is 681 g/mol. The first-order valence-electron chi connectivity index (χ1n) is 15.5. The molecule has 13 heteroatoms. The lowest BCUT2D eigenvalue weighted by atomic mass is 9.93. The predicted molar refractivity (Wildman–Crippen MR) is 185 cm³/mol. The van der Waals surface area contributed by atoms with Crippen molar-refractivity contribution >= 4 is 58.0 Å². The van der Waals surface area contributed by atoms with Crippen molar-refractivity contribution in [3.05, 3.63) is 82.4 Å². The van der Waals surface area contributed by atoms with Crippen LogP contribution in [0.1, 0.15) is 43.6 Å². The van der Waals surface area contributed by atoms with Crippen LogP contribution in [0.2, 0.25) is 0 Å². The summed E-state index contributed by atoms with van der Waals surface area (Å²) < 4.78 is 21.7. The maximum absolute atomic E-state index is 14.3. The van der Waals surface area contributed by atoms with Crippen molar-refractivity contribution in [2.45, 2.75) is 38.3 Å². The van der Waals surface area contributed by atoms with Crippen LogP contribution in [0.15, 0.2) is 64.1 Å². The van der Waals surface area contributed by atoms with E-state index >= 15 is 0 Å². The molecule has 3 N–H and O–H groups in total. The fourth-order valence-corrected chi connectivity index (χ4v) is 6.87. The number of nitrogens with two attached hydrogens (primary N) is 1. The molecule has 246 valence electrons. The second-order valence-electron chi connectivity index (χ2n) is 12.6. The van der Waals surface area contributed by atoms with Gasteiger partial charge in [0.2, 0.25) is 0 Å². The lowest BCUT2D eigenvalue weighted by Crippen LogP contribution is -2.60. The van der Waals surface area contributed by atoms with Crippen molar-refractivity contribution in [3.63, 3.8) is 0 Å². The van der Waals surface area contributed by atoms with Crippen molar-refractivity contribution in [3.8, 4) is 17.0 Å². The van der Waals surface area contributed by atoms with Crippen molar-refractivity contribution in [1.82, 2.24) is 29.5 Å². The molecule has 10 nitrogen and oxygen atoms in total. The van der Waals surface area contributed by atoms with E-state index < -0.39 is 17.5 Å². The molecule has 8 rings (SSSR count). The van der Waals surface area contributed by atoms with Gasteiger partial charge < -0.3 is 15.3 Å². The fourth-order valence-electron chi connectivity index (χ4n) is 6.87. The number of nitrogens with zero attached hydrogens (tertiary/aromatic N) is 6. The number of halogens is 3. The van der Waals surface area contributed by atoms with Crippen LogP contribution in [0.25, 0.3) is 38.6 Å². The maximum Gasteiger partial charge on any atom is 0.343 e. The van der Waals surface area contributed by atoms with E-state index in [9.17, 15) is 14.3 Å². The van der Waals surface area contributed by atoms with E-state index in [0.29, 0.717) is 39.5 Å². The quantitative estimate of drug-likeness (QED) is 0.224. The van der Waals surface area contributed by atoms with Gasteiger partial charge in [-0.2, -0.15) is 5.10 Å². The first-order chi connectivity index (χ1) is 21.8. The largest absolute Gasteiger partial charge is 0.508 e. The van der Waals surface area contributed by atoms with Gasteiger partial charge in [0, 0.05) is 50.4 Å². The standard InChI is InChI=1S/C34H34FN7O3.2ClH/c1-19(42-33-30(32(36)37-18-38-33)31(39-42)22-11-23(35)13-25(43)12-22)29-14-28-26(3-2-4-27(28)34(44)45-29)21-7-9-41(10-8-21)24-16-40(17-24)15-20-5-6-20;;/h2-4,7,11-14,18-20,24,43H,5-6,8-10,15-17H2,1H3,(H2,36,37,38);2*1H. The predicted octanol–water partition coefficient (Wildman–Crippen LogP) is 5.66. The minimum Gasteiger partial charge on any atom is -0.508 e. The number of phenolic OH excluding ortho intramolecular Hbond substituents is 1. The number of aromatic hydroxyl groups is 1. The van der Waals surface area contributed by atoms with E-state index in [-0.39, 0.29) is 36.4 Å². The molecular formula is C34H36Cl2FN7O3. The summed E-state index contributed by atoms with van der Waals surface area (Å²) in [5, 5.41) is 16.6. The number of hydrogen-bond donors (Lipinski definition) is 2. The van der Waals surface area contributed by atoms with Crippen LogP contribution in [0.3, 0.4) is 0 Å². The van der Waals surface area contributed by atoms with Crippen molar-refractivity contribution in [2.24, 2.45) is 5.92 Å². The highest BCUT2D eigenvalue weighted by Crippen LogP contribution is 2.37. The Hall–Kier alpha value is -4.03. The van der Waals surface area contributed by atoms with Crippen LogP contribution in [0.5, 0.6) is 5.75 Å². The highest BCUT2D eigenvalue weighted by molar-refractivity contribution is 5.98. The second kappa shape index (κ2) is 12.9. The summed E-state index contributed by atoms with van der Waals surface area (Å²) in [4.78, 5) is 27.0. The molecule has 0 radical (unpaired) electrons. The molecule has 5 heterocycles. The van der Waals surface area contributed by atoms with Gasteiger partial charge in [0.25, 0.3) is 0 Å². The first kappa shape index (κ1) is 32.9. The summed E-state index contributed by atoms with van der Waals surface area (Å²) >= 11 is 0. The summed E-state index contributed by atoms with van der Waals surface area (Å²) in [7, 11) is 0. The molecule has 1 atom stereocenters. The average Bonchev–Trinajstić information content (AvgIpc) is 3.75. The number of hydrogen-bond acceptors (Lipinski definition) is 9. The number of aromatic nitrogens is 4. The molecule has 0 bridgehead atoms. The van der Waals surface area contributed by atoms with Crippen LogP contribution >= 0.6 is 24.8 Å². The molecule has 3 aliphatic rings. The van der Waals surface area contributed by atoms with Gasteiger partial charge in [0.1, 0.15) is 41.2 Å². The van der Waals surface area contributed by atoms with E-state index in [1.165, 1.54) is 43.4 Å². The number of likely N-dealkylation sites (tertiary alicyclic amines) is 1. The van der Waals surface area contributed by atoms with Gasteiger partial charge in [-0.1, -0.05) is 18.2 Å².